The molecule has 0 fully saturated rings. The molecule has 2 unspecified atom stereocenters. The van der Waals surface area contributed by atoms with E-state index in [1.807, 2.05) is 0 Å². The maximum Gasteiger partial charge on any atom is -0.00220 e. The van der Waals surface area contributed by atoms with Gasteiger partial charge in [0.1, 0.15) is 0 Å². The maximum atomic E-state index is 2.41. The van der Waals surface area contributed by atoms with Crippen molar-refractivity contribution in [1.82, 2.24) is 0 Å². The summed E-state index contributed by atoms with van der Waals surface area (Å²) in [4.78, 5) is 0. The Hall–Kier alpha value is -1.91. The zero-order chi connectivity index (χ0) is 15.6. The van der Waals surface area contributed by atoms with Gasteiger partial charge in [-0.2, -0.15) is 0 Å². The molecule has 0 saturated carbocycles. The fraction of sp³-hybridized carbons (Fsp3) is 0.182. The van der Waals surface area contributed by atoms with Gasteiger partial charge in [0, 0.05) is 0 Å². The van der Waals surface area contributed by atoms with Crippen molar-refractivity contribution in [2.24, 2.45) is 0 Å². The molecule has 1 heteroatoms. The van der Waals surface area contributed by atoms with Crippen LogP contribution in [0.5, 0.6) is 0 Å². The van der Waals surface area contributed by atoms with Crippen molar-refractivity contribution in [3.63, 3.8) is 0 Å². The van der Waals surface area contributed by atoms with Crippen LogP contribution in [0.2, 0.25) is 0 Å². The molecule has 2 atom stereocenters. The van der Waals surface area contributed by atoms with E-state index < -0.39 is 0 Å². The third-order valence-electron chi connectivity index (χ3n) is 4.95. The third-order valence-corrected chi connectivity index (χ3v) is 7.95. The number of benzene rings is 3. The molecule has 0 bridgehead atoms. The first-order valence-corrected chi connectivity index (χ1v) is 9.73. The van der Waals surface area contributed by atoms with Crippen molar-refractivity contribution in [3.05, 3.63) is 96.1 Å². The first kappa shape index (κ1) is 14.7. The van der Waals surface area contributed by atoms with Crippen LogP contribution < -0.4 is 10.6 Å². The number of fused-ring (bicyclic) bond motifs is 1. The van der Waals surface area contributed by atoms with Crippen molar-refractivity contribution < 1.29 is 0 Å². The largest absolute Gasteiger partial charge is 0.0622 e. The summed E-state index contributed by atoms with van der Waals surface area (Å²) < 4.78 is 0. The molecule has 3 aromatic rings. The Kier molecular flexibility index (Phi) is 4.02. The fourth-order valence-corrected chi connectivity index (χ4v) is 6.84. The molecule has 4 rings (SSSR count). The van der Waals surface area contributed by atoms with Gasteiger partial charge >= 0.3 is 0 Å². The Morgan fingerprint density at radius 1 is 0.696 bits per heavy atom. The lowest BCUT2D eigenvalue weighted by Crippen LogP contribution is -2.24. The van der Waals surface area contributed by atoms with Gasteiger partial charge in [0.25, 0.3) is 0 Å². The van der Waals surface area contributed by atoms with Gasteiger partial charge in [-0.3, -0.25) is 0 Å². The van der Waals surface area contributed by atoms with Crippen molar-refractivity contribution in [1.29, 1.82) is 0 Å². The standard InChI is InChI=1S/C22H21P/c1-17-21-15-9-8-10-18(21)16-22(17)23(19-11-4-2-5-12-19)20-13-6-3-7-14-20/h2-15,17,22H,16H2,1H3. The first-order chi connectivity index (χ1) is 11.3. The summed E-state index contributed by atoms with van der Waals surface area (Å²) in [5.41, 5.74) is 3.79. The zero-order valence-electron chi connectivity index (χ0n) is 13.4. The van der Waals surface area contributed by atoms with E-state index in [-0.39, 0.29) is 7.92 Å². The second-order valence-corrected chi connectivity index (χ2v) is 8.74. The van der Waals surface area contributed by atoms with Gasteiger partial charge in [-0.05, 0) is 47.7 Å². The van der Waals surface area contributed by atoms with E-state index in [2.05, 4.69) is 91.9 Å². The van der Waals surface area contributed by atoms with Crippen molar-refractivity contribution in [3.8, 4) is 0 Å². The highest BCUT2D eigenvalue weighted by Crippen LogP contribution is 2.51. The average Bonchev–Trinajstić information content (AvgIpc) is 2.94. The number of rotatable bonds is 3. The van der Waals surface area contributed by atoms with E-state index in [0.29, 0.717) is 11.6 Å². The highest BCUT2D eigenvalue weighted by atomic mass is 31.1. The molecule has 0 saturated heterocycles. The van der Waals surface area contributed by atoms with Crippen molar-refractivity contribution in [2.45, 2.75) is 24.9 Å². The summed E-state index contributed by atoms with van der Waals surface area (Å²) in [5.74, 6) is 0.623. The summed E-state index contributed by atoms with van der Waals surface area (Å²) in [5, 5.41) is 3.00. The van der Waals surface area contributed by atoms with E-state index in [1.54, 1.807) is 11.1 Å². The number of hydrogen-bond acceptors (Lipinski definition) is 0. The van der Waals surface area contributed by atoms with E-state index >= 15 is 0 Å². The zero-order valence-corrected chi connectivity index (χ0v) is 14.3. The van der Waals surface area contributed by atoms with E-state index in [9.17, 15) is 0 Å². The summed E-state index contributed by atoms with van der Waals surface area (Å²) in [6.07, 6.45) is 1.20. The van der Waals surface area contributed by atoms with Crippen LogP contribution in [-0.2, 0) is 6.42 Å². The molecule has 0 amide bonds. The molecule has 0 radical (unpaired) electrons. The third kappa shape index (κ3) is 2.73. The van der Waals surface area contributed by atoms with E-state index in [0.717, 1.165) is 0 Å². The van der Waals surface area contributed by atoms with Crippen LogP contribution in [0.1, 0.15) is 24.0 Å². The molecule has 0 nitrogen and oxygen atoms in total. The van der Waals surface area contributed by atoms with Gasteiger partial charge in [-0.1, -0.05) is 91.9 Å². The van der Waals surface area contributed by atoms with Gasteiger partial charge in [0.05, 0.1) is 0 Å². The lowest BCUT2D eigenvalue weighted by molar-refractivity contribution is 0.760. The van der Waals surface area contributed by atoms with Gasteiger partial charge in [0.2, 0.25) is 0 Å². The molecule has 0 aliphatic heterocycles. The van der Waals surface area contributed by atoms with Crippen LogP contribution in [0, 0.1) is 0 Å². The summed E-state index contributed by atoms with van der Waals surface area (Å²) in [6, 6.07) is 31.2. The van der Waals surface area contributed by atoms with Crippen LogP contribution in [0.15, 0.2) is 84.9 Å². The highest BCUT2D eigenvalue weighted by molar-refractivity contribution is 7.73. The monoisotopic (exact) mass is 316 g/mol. The molecule has 1 aliphatic carbocycles. The molecule has 23 heavy (non-hydrogen) atoms. The maximum absolute atomic E-state index is 2.41. The van der Waals surface area contributed by atoms with Crippen molar-refractivity contribution >= 4 is 18.5 Å². The van der Waals surface area contributed by atoms with Gasteiger partial charge in [0.15, 0.2) is 0 Å². The Bertz CT molecular complexity index is 740. The molecule has 3 aromatic carbocycles. The average molecular weight is 316 g/mol. The Balaban J connectivity index is 1.79. The molecule has 0 N–H and O–H groups in total. The predicted octanol–water partition coefficient (Wildman–Crippen LogP) is 4.85. The van der Waals surface area contributed by atoms with Crippen LogP contribution in [0.3, 0.4) is 0 Å². The summed E-state index contributed by atoms with van der Waals surface area (Å²) in [6.45, 7) is 2.41. The van der Waals surface area contributed by atoms with Gasteiger partial charge < -0.3 is 0 Å². The fourth-order valence-electron chi connectivity index (χ4n) is 3.80. The topological polar surface area (TPSA) is 0 Å². The molecule has 114 valence electrons. The van der Waals surface area contributed by atoms with E-state index in [1.165, 1.54) is 17.0 Å². The minimum atomic E-state index is -0.338. The normalized spacial score (nSPS) is 19.7. The minimum Gasteiger partial charge on any atom is -0.0622 e. The molecule has 0 aromatic heterocycles. The Morgan fingerprint density at radius 3 is 1.78 bits per heavy atom. The molecule has 0 heterocycles. The van der Waals surface area contributed by atoms with Crippen LogP contribution >= 0.6 is 7.92 Å². The van der Waals surface area contributed by atoms with Gasteiger partial charge in [-0.25, -0.2) is 0 Å². The molecule has 0 spiro atoms. The van der Waals surface area contributed by atoms with Crippen LogP contribution in [-0.4, -0.2) is 5.66 Å². The Labute approximate surface area is 139 Å². The molecular formula is C22H21P. The second-order valence-electron chi connectivity index (χ2n) is 6.30. The van der Waals surface area contributed by atoms with Crippen LogP contribution in [0.4, 0.5) is 0 Å². The Morgan fingerprint density at radius 2 is 1.22 bits per heavy atom. The molecule has 1 aliphatic rings. The van der Waals surface area contributed by atoms with Crippen LogP contribution in [0.25, 0.3) is 0 Å². The summed E-state index contributed by atoms with van der Waals surface area (Å²) in [7, 11) is -0.338. The van der Waals surface area contributed by atoms with E-state index in [4.69, 9.17) is 0 Å². The minimum absolute atomic E-state index is 0.338. The van der Waals surface area contributed by atoms with Crippen molar-refractivity contribution in [2.75, 3.05) is 0 Å². The predicted molar refractivity (Wildman–Crippen MR) is 101 cm³/mol. The molecular weight excluding hydrogens is 295 g/mol. The number of hydrogen-bond donors (Lipinski definition) is 0. The SMILES string of the molecule is CC1c2ccccc2CC1P(c1ccccc1)c1ccccc1. The lowest BCUT2D eigenvalue weighted by atomic mass is 10.0. The quantitative estimate of drug-likeness (QED) is 0.606. The second kappa shape index (κ2) is 6.30. The highest BCUT2D eigenvalue weighted by Gasteiger charge is 2.35. The smallest absolute Gasteiger partial charge is 0.00220 e. The summed E-state index contributed by atoms with van der Waals surface area (Å²) >= 11 is 0. The van der Waals surface area contributed by atoms with Gasteiger partial charge in [-0.15, -0.1) is 0 Å². The first-order valence-electron chi connectivity index (χ1n) is 8.32. The lowest BCUT2D eigenvalue weighted by Gasteiger charge is -2.28.